The minimum absolute atomic E-state index is 0.00329. The Bertz CT molecular complexity index is 318. The standard InChI is InChI=1S/C10H14F3NO3/c1-9(2)3-7(16)14(8(17)4-9)5-6(15)10(11,12)13/h6,15H,3-5H2,1-2H3. The Hall–Kier alpha value is -1.11. The van der Waals surface area contributed by atoms with Gasteiger partial charge in [0.15, 0.2) is 6.10 Å². The van der Waals surface area contributed by atoms with E-state index in [-0.39, 0.29) is 12.8 Å². The van der Waals surface area contributed by atoms with Crippen LogP contribution in [0, 0.1) is 5.41 Å². The smallest absolute Gasteiger partial charge is 0.382 e. The second-order valence-corrected chi connectivity index (χ2v) is 4.97. The van der Waals surface area contributed by atoms with Gasteiger partial charge in [-0.25, -0.2) is 0 Å². The van der Waals surface area contributed by atoms with Gasteiger partial charge in [-0.05, 0) is 5.41 Å². The highest BCUT2D eigenvalue weighted by atomic mass is 19.4. The normalized spacial score (nSPS) is 22.8. The molecular formula is C10H14F3NO3. The third kappa shape index (κ3) is 3.42. The van der Waals surface area contributed by atoms with Gasteiger partial charge in [-0.1, -0.05) is 13.8 Å². The summed E-state index contributed by atoms with van der Waals surface area (Å²) in [5.74, 6) is -1.34. The van der Waals surface area contributed by atoms with Gasteiger partial charge < -0.3 is 5.11 Å². The number of aliphatic hydroxyl groups excluding tert-OH is 1. The summed E-state index contributed by atoms with van der Waals surface area (Å²) in [4.78, 5) is 23.5. The summed E-state index contributed by atoms with van der Waals surface area (Å²) in [5.41, 5.74) is -0.534. The molecule has 2 amide bonds. The molecule has 0 saturated carbocycles. The van der Waals surface area contributed by atoms with Crippen LogP contribution in [0.1, 0.15) is 26.7 Å². The molecule has 1 aliphatic rings. The largest absolute Gasteiger partial charge is 0.416 e. The lowest BCUT2D eigenvalue weighted by Crippen LogP contribution is -2.51. The lowest BCUT2D eigenvalue weighted by molar-refractivity contribution is -0.209. The Morgan fingerprint density at radius 2 is 1.71 bits per heavy atom. The van der Waals surface area contributed by atoms with Gasteiger partial charge in [-0.2, -0.15) is 13.2 Å². The van der Waals surface area contributed by atoms with E-state index in [9.17, 15) is 22.8 Å². The zero-order valence-corrected chi connectivity index (χ0v) is 9.54. The first-order valence-corrected chi connectivity index (χ1v) is 5.11. The molecule has 98 valence electrons. The molecule has 0 radical (unpaired) electrons. The van der Waals surface area contributed by atoms with Crippen LogP contribution < -0.4 is 0 Å². The second kappa shape index (κ2) is 4.29. The van der Waals surface area contributed by atoms with E-state index < -0.39 is 36.1 Å². The van der Waals surface area contributed by atoms with Crippen molar-refractivity contribution in [3.05, 3.63) is 0 Å². The van der Waals surface area contributed by atoms with E-state index in [4.69, 9.17) is 5.11 Å². The minimum atomic E-state index is -4.83. The van der Waals surface area contributed by atoms with Crippen molar-refractivity contribution in [3.63, 3.8) is 0 Å². The molecule has 1 heterocycles. The predicted molar refractivity (Wildman–Crippen MR) is 51.8 cm³/mol. The summed E-state index contributed by atoms with van der Waals surface area (Å²) in [6.45, 7) is 2.37. The Morgan fingerprint density at radius 1 is 1.29 bits per heavy atom. The Labute approximate surface area is 96.4 Å². The SMILES string of the molecule is CC1(C)CC(=O)N(CC(O)C(F)(F)F)C(=O)C1. The molecule has 4 nitrogen and oxygen atoms in total. The molecule has 0 aromatic carbocycles. The average molecular weight is 253 g/mol. The molecule has 17 heavy (non-hydrogen) atoms. The molecule has 1 atom stereocenters. The van der Waals surface area contributed by atoms with Crippen LogP contribution in [0.15, 0.2) is 0 Å². The quantitative estimate of drug-likeness (QED) is 0.749. The number of aliphatic hydroxyl groups is 1. The zero-order valence-electron chi connectivity index (χ0n) is 9.54. The van der Waals surface area contributed by atoms with Crippen LogP contribution in [0.3, 0.4) is 0 Å². The van der Waals surface area contributed by atoms with Gasteiger partial charge in [-0.15, -0.1) is 0 Å². The zero-order chi connectivity index (χ0) is 13.4. The summed E-state index contributed by atoms with van der Waals surface area (Å²) in [5, 5.41) is 8.83. The topological polar surface area (TPSA) is 57.6 Å². The molecule has 1 aliphatic heterocycles. The number of amides is 2. The Morgan fingerprint density at radius 3 is 2.06 bits per heavy atom. The van der Waals surface area contributed by atoms with Gasteiger partial charge in [0.2, 0.25) is 11.8 Å². The number of likely N-dealkylation sites (tertiary alicyclic amines) is 1. The number of β-amino-alcohol motifs (C(OH)–C–C–N with tert-alkyl or cyclic N) is 1. The van der Waals surface area contributed by atoms with Crippen molar-refractivity contribution in [2.24, 2.45) is 5.41 Å². The van der Waals surface area contributed by atoms with E-state index >= 15 is 0 Å². The van der Waals surface area contributed by atoms with Crippen LogP contribution in [-0.4, -0.2) is 40.6 Å². The number of carbonyl (C=O) groups excluding carboxylic acids is 2. The summed E-state index contributed by atoms with van der Waals surface area (Å²) in [6, 6.07) is 0. The lowest BCUT2D eigenvalue weighted by atomic mass is 9.81. The first-order chi connectivity index (χ1) is 7.53. The molecule has 0 aromatic heterocycles. The number of hydrogen-bond acceptors (Lipinski definition) is 3. The fraction of sp³-hybridized carbons (Fsp3) is 0.800. The fourth-order valence-corrected chi connectivity index (χ4v) is 1.69. The first kappa shape index (κ1) is 14.0. The van der Waals surface area contributed by atoms with E-state index in [1.165, 1.54) is 0 Å². The van der Waals surface area contributed by atoms with Crippen LogP contribution in [0.5, 0.6) is 0 Å². The number of alkyl halides is 3. The van der Waals surface area contributed by atoms with Crippen LogP contribution in [0.2, 0.25) is 0 Å². The highest BCUT2D eigenvalue weighted by Crippen LogP contribution is 2.32. The van der Waals surface area contributed by atoms with Gasteiger partial charge in [0.05, 0.1) is 6.54 Å². The summed E-state index contributed by atoms with van der Waals surface area (Å²) in [6.07, 6.45) is -7.50. The van der Waals surface area contributed by atoms with Gasteiger partial charge in [0, 0.05) is 12.8 Å². The van der Waals surface area contributed by atoms with Crippen molar-refractivity contribution >= 4 is 11.8 Å². The highest BCUT2D eigenvalue weighted by Gasteiger charge is 2.44. The molecule has 1 N–H and O–H groups in total. The van der Waals surface area contributed by atoms with E-state index in [0.29, 0.717) is 4.90 Å². The summed E-state index contributed by atoms with van der Waals surface area (Å²) < 4.78 is 36.3. The predicted octanol–water partition coefficient (Wildman–Crippen LogP) is 1.08. The molecule has 7 heteroatoms. The van der Waals surface area contributed by atoms with Crippen LogP contribution in [0.25, 0.3) is 0 Å². The molecule has 1 fully saturated rings. The number of rotatable bonds is 2. The van der Waals surface area contributed by atoms with E-state index in [1.54, 1.807) is 13.8 Å². The molecule has 1 saturated heterocycles. The van der Waals surface area contributed by atoms with Crippen molar-refractivity contribution in [1.29, 1.82) is 0 Å². The van der Waals surface area contributed by atoms with Gasteiger partial charge in [0.25, 0.3) is 0 Å². The van der Waals surface area contributed by atoms with Gasteiger partial charge in [-0.3, -0.25) is 14.5 Å². The number of halogens is 3. The van der Waals surface area contributed by atoms with E-state index in [0.717, 1.165) is 0 Å². The number of carbonyl (C=O) groups is 2. The summed E-state index contributed by atoms with van der Waals surface area (Å²) >= 11 is 0. The maximum atomic E-state index is 12.1. The molecule has 1 unspecified atom stereocenters. The Kier molecular flexibility index (Phi) is 3.52. The Balaban J connectivity index is 2.73. The number of hydrogen-bond donors (Lipinski definition) is 1. The van der Waals surface area contributed by atoms with Crippen molar-refractivity contribution in [2.75, 3.05) is 6.54 Å². The molecule has 0 spiro atoms. The lowest BCUT2D eigenvalue weighted by Gasteiger charge is -2.35. The van der Waals surface area contributed by atoms with E-state index in [2.05, 4.69) is 0 Å². The van der Waals surface area contributed by atoms with Crippen molar-refractivity contribution in [2.45, 2.75) is 39.0 Å². The highest BCUT2D eigenvalue weighted by molar-refractivity contribution is 5.98. The van der Waals surface area contributed by atoms with Crippen LogP contribution in [0.4, 0.5) is 13.2 Å². The number of imide groups is 1. The fourth-order valence-electron chi connectivity index (χ4n) is 1.69. The second-order valence-electron chi connectivity index (χ2n) is 4.97. The molecular weight excluding hydrogens is 239 g/mol. The van der Waals surface area contributed by atoms with Crippen molar-refractivity contribution in [3.8, 4) is 0 Å². The minimum Gasteiger partial charge on any atom is -0.382 e. The monoisotopic (exact) mass is 253 g/mol. The van der Waals surface area contributed by atoms with Gasteiger partial charge in [0.1, 0.15) is 0 Å². The van der Waals surface area contributed by atoms with Crippen LogP contribution >= 0.6 is 0 Å². The van der Waals surface area contributed by atoms with Crippen molar-refractivity contribution < 1.29 is 27.9 Å². The molecule has 0 bridgehead atoms. The third-order valence-electron chi connectivity index (χ3n) is 2.60. The molecule has 0 aromatic rings. The van der Waals surface area contributed by atoms with Crippen molar-refractivity contribution in [1.82, 2.24) is 4.90 Å². The maximum Gasteiger partial charge on any atom is 0.416 e. The first-order valence-electron chi connectivity index (χ1n) is 5.11. The molecule has 1 rings (SSSR count). The van der Waals surface area contributed by atoms with Crippen LogP contribution in [-0.2, 0) is 9.59 Å². The maximum absolute atomic E-state index is 12.1. The number of nitrogens with zero attached hydrogens (tertiary/aromatic N) is 1. The number of piperidine rings is 1. The van der Waals surface area contributed by atoms with E-state index in [1.807, 2.05) is 0 Å². The third-order valence-corrected chi connectivity index (χ3v) is 2.60. The summed E-state index contributed by atoms with van der Waals surface area (Å²) in [7, 11) is 0. The van der Waals surface area contributed by atoms with Gasteiger partial charge >= 0.3 is 6.18 Å². The average Bonchev–Trinajstić information content (AvgIpc) is 2.07. The molecule has 0 aliphatic carbocycles.